The molecule has 5 N–H and O–H groups in total. The number of nitrogens with one attached hydrogen (secondary N) is 1. The fourth-order valence-electron chi connectivity index (χ4n) is 3.96. The lowest BCUT2D eigenvalue weighted by molar-refractivity contribution is 0.0398. The second-order valence-electron chi connectivity index (χ2n) is 8.45. The van der Waals surface area contributed by atoms with Crippen LogP contribution in [0.5, 0.6) is 6.01 Å². The zero-order chi connectivity index (χ0) is 25.5. The molecule has 36 heavy (non-hydrogen) atoms. The van der Waals surface area contributed by atoms with Crippen LogP contribution >= 0.6 is 7.60 Å². The average molecular weight is 522 g/mol. The number of rotatable bonds is 12. The van der Waals surface area contributed by atoms with Crippen LogP contribution in [0, 0.1) is 0 Å². The molecule has 0 aliphatic carbocycles. The summed E-state index contributed by atoms with van der Waals surface area (Å²) in [7, 11) is -2.62. The van der Waals surface area contributed by atoms with Gasteiger partial charge in [0.2, 0.25) is 5.95 Å². The monoisotopic (exact) mass is 521 g/mol. The van der Waals surface area contributed by atoms with E-state index in [9.17, 15) is 14.4 Å². The molecule has 3 heterocycles. The molecule has 0 saturated carbocycles. The van der Waals surface area contributed by atoms with Gasteiger partial charge in [0.1, 0.15) is 6.61 Å². The van der Waals surface area contributed by atoms with Gasteiger partial charge in [-0.2, -0.15) is 9.97 Å². The van der Waals surface area contributed by atoms with Crippen LogP contribution in [0.1, 0.15) is 11.1 Å². The van der Waals surface area contributed by atoms with Crippen molar-refractivity contribution in [1.29, 1.82) is 0 Å². The Balaban J connectivity index is 1.62. The van der Waals surface area contributed by atoms with Gasteiger partial charge in [-0.05, 0) is 11.1 Å². The highest BCUT2D eigenvalue weighted by Gasteiger charge is 2.19. The minimum absolute atomic E-state index is 0.119. The van der Waals surface area contributed by atoms with Gasteiger partial charge in [-0.1, -0.05) is 24.3 Å². The molecular formula is C22H32N7O6P. The van der Waals surface area contributed by atoms with E-state index in [4.69, 9.17) is 19.9 Å². The average Bonchev–Trinajstić information content (AvgIpc) is 3.17. The molecule has 1 saturated heterocycles. The van der Waals surface area contributed by atoms with Crippen molar-refractivity contribution < 1.29 is 28.6 Å². The SMILES string of the molecule is COCCOc1nc(N)c2nc(NCCN3CCOCC3)n(Cc3cccc(CP(=O)(O)O)c3)c2n1. The van der Waals surface area contributed by atoms with Crippen LogP contribution in [0.15, 0.2) is 24.3 Å². The maximum atomic E-state index is 11.5. The molecule has 4 rings (SSSR count). The number of hydrogen-bond donors (Lipinski definition) is 4. The number of anilines is 2. The Morgan fingerprint density at radius 2 is 1.94 bits per heavy atom. The van der Waals surface area contributed by atoms with Crippen molar-refractivity contribution in [3.05, 3.63) is 35.4 Å². The highest BCUT2D eigenvalue weighted by molar-refractivity contribution is 7.50. The molecule has 2 aromatic heterocycles. The zero-order valence-corrected chi connectivity index (χ0v) is 21.1. The standard InChI is InChI=1S/C22H32N7O6P/c1-33-11-12-35-22-26-19(23)18-20(27-22)29(14-16-3-2-4-17(13-16)15-36(30,31)32)21(25-18)24-5-6-28-7-9-34-10-8-28/h2-4,13H,5-12,14-15H2,1H3,(H,24,25)(H2,23,26,27)(H2,30,31,32). The van der Waals surface area contributed by atoms with Gasteiger partial charge in [0.15, 0.2) is 17.0 Å². The smallest absolute Gasteiger partial charge is 0.329 e. The van der Waals surface area contributed by atoms with Crippen LogP contribution in [-0.2, 0) is 26.7 Å². The Morgan fingerprint density at radius 3 is 2.69 bits per heavy atom. The van der Waals surface area contributed by atoms with Crippen LogP contribution in [0.2, 0.25) is 0 Å². The second kappa shape index (κ2) is 12.0. The Hall–Kier alpha value is -2.80. The molecular weight excluding hydrogens is 489 g/mol. The first-order valence-electron chi connectivity index (χ1n) is 11.6. The molecule has 1 aliphatic rings. The summed E-state index contributed by atoms with van der Waals surface area (Å²) in [6.45, 7) is 5.66. The normalized spacial score (nSPS) is 14.9. The largest absolute Gasteiger partial charge is 0.461 e. The third kappa shape index (κ3) is 7.12. The predicted octanol–water partition coefficient (Wildman–Crippen LogP) is 0.904. The highest BCUT2D eigenvalue weighted by Crippen LogP contribution is 2.39. The number of nitrogen functional groups attached to an aromatic ring is 1. The summed E-state index contributed by atoms with van der Waals surface area (Å²) in [5.41, 5.74) is 8.51. The van der Waals surface area contributed by atoms with Crippen LogP contribution in [0.3, 0.4) is 0 Å². The Kier molecular flexibility index (Phi) is 8.72. The molecule has 1 aromatic carbocycles. The maximum absolute atomic E-state index is 11.5. The molecule has 0 atom stereocenters. The summed E-state index contributed by atoms with van der Waals surface area (Å²) in [5, 5.41) is 3.38. The first kappa shape index (κ1) is 26.3. The summed E-state index contributed by atoms with van der Waals surface area (Å²) >= 11 is 0. The second-order valence-corrected chi connectivity index (χ2v) is 10.1. The number of hydrogen-bond acceptors (Lipinski definition) is 10. The van der Waals surface area contributed by atoms with Crippen molar-refractivity contribution in [2.45, 2.75) is 12.7 Å². The lowest BCUT2D eigenvalue weighted by Crippen LogP contribution is -2.39. The first-order chi connectivity index (χ1) is 17.3. The number of nitrogens with two attached hydrogens (primary N) is 1. The van der Waals surface area contributed by atoms with Gasteiger partial charge < -0.3 is 35.0 Å². The van der Waals surface area contributed by atoms with E-state index < -0.39 is 7.60 Å². The van der Waals surface area contributed by atoms with E-state index in [1.807, 2.05) is 10.6 Å². The summed E-state index contributed by atoms with van der Waals surface area (Å²) in [4.78, 5) is 34.5. The summed E-state index contributed by atoms with van der Waals surface area (Å²) in [6, 6.07) is 7.23. The third-order valence-corrected chi connectivity index (χ3v) is 6.43. The van der Waals surface area contributed by atoms with Crippen molar-refractivity contribution in [2.24, 2.45) is 0 Å². The minimum atomic E-state index is -4.19. The molecule has 0 spiro atoms. The fraction of sp³-hybridized carbons (Fsp3) is 0.500. The van der Waals surface area contributed by atoms with Gasteiger partial charge in [-0.3, -0.25) is 14.0 Å². The predicted molar refractivity (Wildman–Crippen MR) is 134 cm³/mol. The van der Waals surface area contributed by atoms with Crippen LogP contribution < -0.4 is 15.8 Å². The van der Waals surface area contributed by atoms with Crippen molar-refractivity contribution >= 4 is 30.5 Å². The number of morpholine rings is 1. The van der Waals surface area contributed by atoms with E-state index in [1.165, 1.54) is 0 Å². The van der Waals surface area contributed by atoms with E-state index in [2.05, 4.69) is 25.2 Å². The van der Waals surface area contributed by atoms with Crippen LogP contribution in [0.25, 0.3) is 11.2 Å². The lowest BCUT2D eigenvalue weighted by Gasteiger charge is -2.26. The molecule has 3 aromatic rings. The molecule has 196 valence electrons. The number of imidazole rings is 1. The van der Waals surface area contributed by atoms with Crippen LogP contribution in [0.4, 0.5) is 11.8 Å². The Labute approximate surface area is 208 Å². The van der Waals surface area contributed by atoms with E-state index in [0.29, 0.717) is 42.4 Å². The van der Waals surface area contributed by atoms with E-state index >= 15 is 0 Å². The minimum Gasteiger partial charge on any atom is -0.461 e. The number of benzene rings is 1. The molecule has 0 bridgehead atoms. The topological polar surface area (TPSA) is 170 Å². The summed E-state index contributed by atoms with van der Waals surface area (Å²) in [6.07, 6.45) is -0.331. The van der Waals surface area contributed by atoms with Crippen molar-refractivity contribution in [2.75, 3.05) is 70.8 Å². The van der Waals surface area contributed by atoms with Gasteiger partial charge in [0, 0.05) is 33.3 Å². The molecule has 1 aliphatic heterocycles. The summed E-state index contributed by atoms with van der Waals surface area (Å²) in [5.74, 6) is 0.756. The first-order valence-corrected chi connectivity index (χ1v) is 13.4. The third-order valence-electron chi connectivity index (χ3n) is 5.66. The molecule has 1 fully saturated rings. The van der Waals surface area contributed by atoms with Gasteiger partial charge in [0.05, 0.1) is 32.5 Å². The quantitative estimate of drug-likeness (QED) is 0.196. The van der Waals surface area contributed by atoms with Crippen molar-refractivity contribution in [1.82, 2.24) is 24.4 Å². The Morgan fingerprint density at radius 1 is 1.17 bits per heavy atom. The number of ether oxygens (including phenoxy) is 3. The van der Waals surface area contributed by atoms with Gasteiger partial charge in [0.25, 0.3) is 0 Å². The number of nitrogens with zero attached hydrogens (tertiary/aromatic N) is 5. The molecule has 0 amide bonds. The summed E-state index contributed by atoms with van der Waals surface area (Å²) < 4.78 is 29.4. The molecule has 13 nitrogen and oxygen atoms in total. The van der Waals surface area contributed by atoms with Gasteiger partial charge >= 0.3 is 13.6 Å². The van der Waals surface area contributed by atoms with Crippen molar-refractivity contribution in [3.8, 4) is 6.01 Å². The molecule has 0 unspecified atom stereocenters. The highest BCUT2D eigenvalue weighted by atomic mass is 31.2. The number of fused-ring (bicyclic) bond motifs is 1. The van der Waals surface area contributed by atoms with Gasteiger partial charge in [-0.15, -0.1) is 0 Å². The number of methoxy groups -OCH3 is 1. The fourth-order valence-corrected chi connectivity index (χ4v) is 4.64. The maximum Gasteiger partial charge on any atom is 0.329 e. The molecule has 14 heteroatoms. The lowest BCUT2D eigenvalue weighted by atomic mass is 10.1. The van der Waals surface area contributed by atoms with E-state index in [0.717, 1.165) is 38.4 Å². The number of aromatic nitrogens is 4. The van der Waals surface area contributed by atoms with Crippen LogP contribution in [-0.4, -0.2) is 93.9 Å². The van der Waals surface area contributed by atoms with Crippen molar-refractivity contribution in [3.63, 3.8) is 0 Å². The van der Waals surface area contributed by atoms with E-state index in [-0.39, 0.29) is 24.6 Å². The van der Waals surface area contributed by atoms with E-state index in [1.54, 1.807) is 25.3 Å². The molecule has 0 radical (unpaired) electrons. The Bertz CT molecular complexity index is 1210. The van der Waals surface area contributed by atoms with Gasteiger partial charge in [-0.25, -0.2) is 4.98 Å². The zero-order valence-electron chi connectivity index (χ0n) is 20.2.